The lowest BCUT2D eigenvalue weighted by atomic mass is 10.1. The maximum absolute atomic E-state index is 12.1. The maximum atomic E-state index is 12.1. The Balaban J connectivity index is 2.00. The van der Waals surface area contributed by atoms with Crippen LogP contribution in [0.25, 0.3) is 0 Å². The Kier molecular flexibility index (Phi) is 5.57. The molecular formula is C17H20O4S. The minimum atomic E-state index is -3.71. The van der Waals surface area contributed by atoms with Gasteiger partial charge in [-0.05, 0) is 37.6 Å². The fourth-order valence-corrected chi connectivity index (χ4v) is 2.95. The van der Waals surface area contributed by atoms with Crippen molar-refractivity contribution >= 4 is 10.1 Å². The third kappa shape index (κ3) is 4.32. The molecular weight excluding hydrogens is 300 g/mol. The Morgan fingerprint density at radius 2 is 1.68 bits per heavy atom. The third-order valence-electron chi connectivity index (χ3n) is 3.19. The Hall–Kier alpha value is -1.85. The van der Waals surface area contributed by atoms with Gasteiger partial charge in [0.2, 0.25) is 0 Å². The van der Waals surface area contributed by atoms with Crippen molar-refractivity contribution in [2.24, 2.45) is 0 Å². The van der Waals surface area contributed by atoms with Crippen molar-refractivity contribution in [2.75, 3.05) is 13.2 Å². The van der Waals surface area contributed by atoms with Crippen LogP contribution in [0.3, 0.4) is 0 Å². The van der Waals surface area contributed by atoms with E-state index in [2.05, 4.69) is 0 Å². The van der Waals surface area contributed by atoms with E-state index in [0.29, 0.717) is 13.0 Å². The van der Waals surface area contributed by atoms with Crippen molar-refractivity contribution in [2.45, 2.75) is 25.2 Å². The predicted molar refractivity (Wildman–Crippen MR) is 85.6 cm³/mol. The fraction of sp³-hybridized carbons (Fsp3) is 0.294. The van der Waals surface area contributed by atoms with Gasteiger partial charge in [0.15, 0.2) is 0 Å². The summed E-state index contributed by atoms with van der Waals surface area (Å²) in [5.41, 5.74) is 1.94. The summed E-state index contributed by atoms with van der Waals surface area (Å²) >= 11 is 0. The molecule has 2 aromatic carbocycles. The highest BCUT2D eigenvalue weighted by atomic mass is 32.2. The van der Waals surface area contributed by atoms with Crippen molar-refractivity contribution in [3.05, 3.63) is 59.7 Å². The second-order valence-corrected chi connectivity index (χ2v) is 6.50. The molecule has 0 spiro atoms. The van der Waals surface area contributed by atoms with Crippen LogP contribution in [0.2, 0.25) is 0 Å². The molecule has 4 nitrogen and oxygen atoms in total. The molecule has 0 fully saturated rings. The van der Waals surface area contributed by atoms with Gasteiger partial charge >= 0.3 is 0 Å². The number of ether oxygens (including phenoxy) is 1. The molecule has 0 aliphatic rings. The molecule has 0 atom stereocenters. The largest absolute Gasteiger partial charge is 0.494 e. The first-order valence-corrected chi connectivity index (χ1v) is 8.60. The maximum Gasteiger partial charge on any atom is 0.296 e. The summed E-state index contributed by atoms with van der Waals surface area (Å²) in [6, 6.07) is 14.2. The Morgan fingerprint density at radius 3 is 2.36 bits per heavy atom. The van der Waals surface area contributed by atoms with E-state index in [1.54, 1.807) is 24.3 Å². The first-order valence-electron chi connectivity index (χ1n) is 7.19. The molecule has 0 aliphatic heterocycles. The van der Waals surface area contributed by atoms with Crippen molar-refractivity contribution in [3.63, 3.8) is 0 Å². The minimum Gasteiger partial charge on any atom is -0.494 e. The monoisotopic (exact) mass is 320 g/mol. The summed E-state index contributed by atoms with van der Waals surface area (Å²) < 4.78 is 34.8. The van der Waals surface area contributed by atoms with E-state index in [1.807, 2.05) is 38.1 Å². The van der Waals surface area contributed by atoms with Crippen LogP contribution >= 0.6 is 0 Å². The topological polar surface area (TPSA) is 52.6 Å². The van der Waals surface area contributed by atoms with Crippen molar-refractivity contribution in [3.8, 4) is 5.75 Å². The van der Waals surface area contributed by atoms with E-state index in [-0.39, 0.29) is 11.5 Å². The minimum absolute atomic E-state index is 0.0836. The Morgan fingerprint density at radius 1 is 1.00 bits per heavy atom. The van der Waals surface area contributed by atoms with Gasteiger partial charge in [0.1, 0.15) is 5.75 Å². The summed E-state index contributed by atoms with van der Waals surface area (Å²) in [6.45, 7) is 4.47. The molecule has 2 aromatic rings. The molecule has 0 aliphatic carbocycles. The molecule has 0 amide bonds. The van der Waals surface area contributed by atoms with E-state index < -0.39 is 10.1 Å². The van der Waals surface area contributed by atoms with E-state index >= 15 is 0 Å². The average molecular weight is 320 g/mol. The first-order chi connectivity index (χ1) is 10.5. The van der Waals surface area contributed by atoms with E-state index in [0.717, 1.165) is 16.9 Å². The molecule has 0 bridgehead atoms. The van der Waals surface area contributed by atoms with Crippen molar-refractivity contribution in [1.82, 2.24) is 0 Å². The molecule has 22 heavy (non-hydrogen) atoms. The summed E-state index contributed by atoms with van der Waals surface area (Å²) in [5, 5.41) is 0. The number of aryl methyl sites for hydroxylation is 1. The summed E-state index contributed by atoms with van der Waals surface area (Å²) in [6.07, 6.45) is 0.473. The summed E-state index contributed by atoms with van der Waals surface area (Å²) in [5.74, 6) is 0.765. The Labute approximate surface area is 131 Å². The van der Waals surface area contributed by atoms with Gasteiger partial charge in [0.05, 0.1) is 18.1 Å². The number of benzene rings is 2. The molecule has 0 saturated carbocycles. The third-order valence-corrected chi connectivity index (χ3v) is 4.52. The lowest BCUT2D eigenvalue weighted by molar-refractivity contribution is 0.311. The van der Waals surface area contributed by atoms with Crippen LogP contribution < -0.4 is 4.74 Å². The van der Waals surface area contributed by atoms with Crippen LogP contribution in [0, 0.1) is 6.92 Å². The molecule has 0 aromatic heterocycles. The molecule has 0 saturated heterocycles. The molecule has 0 unspecified atom stereocenters. The highest BCUT2D eigenvalue weighted by molar-refractivity contribution is 7.86. The number of para-hydroxylation sites is 1. The SMILES string of the molecule is CCOc1ccccc1CCOS(=O)(=O)c1ccc(C)cc1. The molecule has 0 N–H and O–H groups in total. The van der Waals surface area contributed by atoms with Gasteiger partial charge in [-0.1, -0.05) is 35.9 Å². The predicted octanol–water partition coefficient (Wildman–Crippen LogP) is 3.34. The normalized spacial score (nSPS) is 11.4. The second kappa shape index (κ2) is 7.42. The zero-order valence-electron chi connectivity index (χ0n) is 12.8. The first kappa shape index (κ1) is 16.5. The van der Waals surface area contributed by atoms with Crippen LogP contribution in [0.4, 0.5) is 0 Å². The smallest absolute Gasteiger partial charge is 0.296 e. The summed E-state index contributed by atoms with van der Waals surface area (Å²) in [7, 11) is -3.71. The van der Waals surface area contributed by atoms with Gasteiger partial charge in [-0.2, -0.15) is 8.42 Å². The molecule has 0 heterocycles. The molecule has 0 radical (unpaired) electrons. The number of rotatable bonds is 7. The van der Waals surface area contributed by atoms with Gasteiger partial charge in [0, 0.05) is 6.42 Å². The van der Waals surface area contributed by atoms with Gasteiger partial charge in [0.25, 0.3) is 10.1 Å². The van der Waals surface area contributed by atoms with Crippen LogP contribution in [0.5, 0.6) is 5.75 Å². The number of hydrogen-bond donors (Lipinski definition) is 0. The molecule has 118 valence electrons. The average Bonchev–Trinajstić information content (AvgIpc) is 2.49. The van der Waals surface area contributed by atoms with Crippen LogP contribution in [0.15, 0.2) is 53.4 Å². The van der Waals surface area contributed by atoms with Crippen molar-refractivity contribution < 1.29 is 17.3 Å². The highest BCUT2D eigenvalue weighted by Gasteiger charge is 2.15. The van der Waals surface area contributed by atoms with E-state index in [1.165, 1.54) is 0 Å². The lowest BCUT2D eigenvalue weighted by Gasteiger charge is -2.10. The highest BCUT2D eigenvalue weighted by Crippen LogP contribution is 2.19. The van der Waals surface area contributed by atoms with Crippen molar-refractivity contribution in [1.29, 1.82) is 0 Å². The lowest BCUT2D eigenvalue weighted by Crippen LogP contribution is -2.10. The van der Waals surface area contributed by atoms with Crippen LogP contribution in [-0.4, -0.2) is 21.6 Å². The van der Waals surface area contributed by atoms with Gasteiger partial charge in [-0.15, -0.1) is 0 Å². The standard InChI is InChI=1S/C17H20O4S/c1-3-20-17-7-5-4-6-15(17)12-13-21-22(18,19)16-10-8-14(2)9-11-16/h4-11H,3,12-13H2,1-2H3. The van der Waals surface area contributed by atoms with Gasteiger partial charge in [-0.3, -0.25) is 4.18 Å². The zero-order chi connectivity index (χ0) is 16.0. The van der Waals surface area contributed by atoms with E-state index in [4.69, 9.17) is 8.92 Å². The second-order valence-electron chi connectivity index (χ2n) is 4.88. The molecule has 5 heteroatoms. The molecule has 2 rings (SSSR count). The van der Waals surface area contributed by atoms with Crippen LogP contribution in [-0.2, 0) is 20.7 Å². The van der Waals surface area contributed by atoms with Gasteiger partial charge < -0.3 is 4.74 Å². The quantitative estimate of drug-likeness (QED) is 0.734. The summed E-state index contributed by atoms with van der Waals surface area (Å²) in [4.78, 5) is 0.177. The zero-order valence-corrected chi connectivity index (χ0v) is 13.6. The fourth-order valence-electron chi connectivity index (χ4n) is 2.04. The van der Waals surface area contributed by atoms with Crippen LogP contribution in [0.1, 0.15) is 18.1 Å². The number of hydrogen-bond acceptors (Lipinski definition) is 4. The van der Waals surface area contributed by atoms with E-state index in [9.17, 15) is 8.42 Å². The van der Waals surface area contributed by atoms with Gasteiger partial charge in [-0.25, -0.2) is 0 Å². The Bertz CT molecular complexity index is 706.